The van der Waals surface area contributed by atoms with E-state index in [-0.39, 0.29) is 12.0 Å². The maximum absolute atomic E-state index is 12.7. The van der Waals surface area contributed by atoms with Crippen molar-refractivity contribution in [1.82, 2.24) is 5.32 Å². The van der Waals surface area contributed by atoms with E-state index < -0.39 is 23.5 Å². The van der Waals surface area contributed by atoms with Gasteiger partial charge < -0.3 is 19.3 Å². The van der Waals surface area contributed by atoms with Gasteiger partial charge in [0, 0.05) is 22.4 Å². The number of hydrogen-bond donors (Lipinski definition) is 2. The molecule has 7 nitrogen and oxygen atoms in total. The number of amides is 1. The maximum Gasteiger partial charge on any atom is 0.340 e. The van der Waals surface area contributed by atoms with Crippen molar-refractivity contribution in [3.8, 4) is 11.1 Å². The SMILES string of the molecule is CCCCC(NC(=O)Cc1c(C)c2cc3c(-c4ccccc4)c(C)oc3cc2oc1=O)C(=O)O. The molecule has 0 fully saturated rings. The molecule has 4 aromatic rings. The van der Waals surface area contributed by atoms with Crippen LogP contribution < -0.4 is 10.9 Å². The summed E-state index contributed by atoms with van der Waals surface area (Å²) in [5.41, 5.74) is 3.18. The van der Waals surface area contributed by atoms with E-state index in [0.717, 1.165) is 28.7 Å². The predicted octanol–water partition coefficient (Wildman–Crippen LogP) is 5.13. The van der Waals surface area contributed by atoms with Gasteiger partial charge in [0.2, 0.25) is 5.91 Å². The zero-order valence-electron chi connectivity index (χ0n) is 19.4. The van der Waals surface area contributed by atoms with E-state index in [0.29, 0.717) is 35.0 Å². The van der Waals surface area contributed by atoms with Gasteiger partial charge in [0.25, 0.3) is 0 Å². The Labute approximate surface area is 196 Å². The number of rotatable bonds is 8. The molecule has 0 aliphatic carbocycles. The fraction of sp³-hybridized carbons (Fsp3) is 0.296. The van der Waals surface area contributed by atoms with Crippen molar-refractivity contribution in [3.63, 3.8) is 0 Å². The first kappa shape index (κ1) is 23.3. The van der Waals surface area contributed by atoms with Crippen molar-refractivity contribution >= 4 is 33.8 Å². The summed E-state index contributed by atoms with van der Waals surface area (Å²) in [7, 11) is 0. The Hall–Kier alpha value is -3.87. The molecule has 2 aromatic carbocycles. The first-order valence-electron chi connectivity index (χ1n) is 11.4. The number of carbonyl (C=O) groups excluding carboxylic acids is 1. The molecule has 1 unspecified atom stereocenters. The van der Waals surface area contributed by atoms with Crippen LogP contribution in [-0.2, 0) is 16.0 Å². The summed E-state index contributed by atoms with van der Waals surface area (Å²) in [5, 5.41) is 13.5. The second-order valence-electron chi connectivity index (χ2n) is 8.51. The van der Waals surface area contributed by atoms with Crippen molar-refractivity contribution in [2.75, 3.05) is 0 Å². The van der Waals surface area contributed by atoms with Crippen LogP contribution in [0.1, 0.15) is 43.1 Å². The summed E-state index contributed by atoms with van der Waals surface area (Å²) < 4.78 is 11.5. The van der Waals surface area contributed by atoms with Crippen LogP contribution >= 0.6 is 0 Å². The molecule has 2 aromatic heterocycles. The molecule has 0 aliphatic heterocycles. The zero-order chi connectivity index (χ0) is 24.4. The number of fused-ring (bicyclic) bond motifs is 2. The second kappa shape index (κ2) is 9.55. The first-order chi connectivity index (χ1) is 16.3. The van der Waals surface area contributed by atoms with Gasteiger partial charge in [0.15, 0.2) is 0 Å². The van der Waals surface area contributed by atoms with E-state index in [1.54, 1.807) is 13.0 Å². The van der Waals surface area contributed by atoms with Crippen LogP contribution in [0, 0.1) is 13.8 Å². The third-order valence-corrected chi connectivity index (χ3v) is 6.15. The number of aliphatic carboxylic acids is 1. The predicted molar refractivity (Wildman–Crippen MR) is 130 cm³/mol. The van der Waals surface area contributed by atoms with Gasteiger partial charge in [-0.15, -0.1) is 0 Å². The largest absolute Gasteiger partial charge is 0.480 e. The van der Waals surface area contributed by atoms with Gasteiger partial charge >= 0.3 is 11.6 Å². The third kappa shape index (κ3) is 4.46. The number of nitrogens with one attached hydrogen (secondary N) is 1. The van der Waals surface area contributed by atoms with Gasteiger partial charge in [-0.3, -0.25) is 4.79 Å². The minimum atomic E-state index is -1.09. The Morgan fingerprint density at radius 2 is 1.74 bits per heavy atom. The Balaban J connectivity index is 1.74. The van der Waals surface area contributed by atoms with E-state index >= 15 is 0 Å². The lowest BCUT2D eigenvalue weighted by atomic mass is 9.98. The zero-order valence-corrected chi connectivity index (χ0v) is 19.4. The smallest absolute Gasteiger partial charge is 0.340 e. The van der Waals surface area contributed by atoms with Crippen LogP contribution in [-0.4, -0.2) is 23.0 Å². The number of furan rings is 1. The molecule has 0 radical (unpaired) electrons. The van der Waals surface area contributed by atoms with Gasteiger partial charge in [0.1, 0.15) is 23.0 Å². The normalized spacial score (nSPS) is 12.2. The average molecular weight is 462 g/mol. The highest BCUT2D eigenvalue weighted by atomic mass is 16.4. The molecule has 7 heteroatoms. The van der Waals surface area contributed by atoms with E-state index in [2.05, 4.69) is 5.32 Å². The number of carbonyl (C=O) groups is 2. The average Bonchev–Trinajstić information content (AvgIpc) is 3.13. The number of hydrogen-bond acceptors (Lipinski definition) is 5. The summed E-state index contributed by atoms with van der Waals surface area (Å²) in [5.74, 6) is -0.860. The minimum absolute atomic E-state index is 0.213. The molecule has 34 heavy (non-hydrogen) atoms. The van der Waals surface area contributed by atoms with Crippen LogP contribution in [0.3, 0.4) is 0 Å². The fourth-order valence-corrected chi connectivity index (χ4v) is 4.34. The highest BCUT2D eigenvalue weighted by Gasteiger charge is 2.22. The van der Waals surface area contributed by atoms with E-state index in [1.807, 2.05) is 50.2 Å². The summed E-state index contributed by atoms with van der Waals surface area (Å²) >= 11 is 0. The number of unbranched alkanes of at least 4 members (excludes halogenated alkanes) is 1. The molecule has 0 spiro atoms. The van der Waals surface area contributed by atoms with Crippen LogP contribution in [0.2, 0.25) is 0 Å². The van der Waals surface area contributed by atoms with Gasteiger partial charge in [-0.05, 0) is 37.5 Å². The Bertz CT molecular complexity index is 1430. The van der Waals surface area contributed by atoms with Crippen LogP contribution in [0.5, 0.6) is 0 Å². The van der Waals surface area contributed by atoms with Crippen molar-refractivity contribution < 1.29 is 23.5 Å². The topological polar surface area (TPSA) is 110 Å². The van der Waals surface area contributed by atoms with Crippen molar-refractivity contribution in [2.24, 2.45) is 0 Å². The molecule has 0 bridgehead atoms. The number of carboxylic acids is 1. The molecule has 4 rings (SSSR count). The van der Waals surface area contributed by atoms with E-state index in [9.17, 15) is 19.5 Å². The summed E-state index contributed by atoms with van der Waals surface area (Å²) in [6, 6.07) is 12.5. The number of benzene rings is 2. The minimum Gasteiger partial charge on any atom is -0.480 e. The third-order valence-electron chi connectivity index (χ3n) is 6.15. The summed E-state index contributed by atoms with van der Waals surface area (Å²) in [6.45, 7) is 5.61. The molecular formula is C27H27NO6. The van der Waals surface area contributed by atoms with E-state index in [1.165, 1.54) is 0 Å². The Morgan fingerprint density at radius 3 is 2.41 bits per heavy atom. The maximum atomic E-state index is 12.7. The van der Waals surface area contributed by atoms with Crippen molar-refractivity contribution in [2.45, 2.75) is 52.5 Å². The summed E-state index contributed by atoms with van der Waals surface area (Å²) in [6.07, 6.45) is 1.58. The molecular weight excluding hydrogens is 434 g/mol. The second-order valence-corrected chi connectivity index (χ2v) is 8.51. The molecule has 1 atom stereocenters. The van der Waals surface area contributed by atoms with Gasteiger partial charge in [0.05, 0.1) is 12.0 Å². The lowest BCUT2D eigenvalue weighted by Crippen LogP contribution is -2.42. The lowest BCUT2D eigenvalue weighted by Gasteiger charge is -2.14. The molecule has 0 saturated heterocycles. The molecule has 176 valence electrons. The lowest BCUT2D eigenvalue weighted by molar-refractivity contribution is -0.142. The van der Waals surface area contributed by atoms with Crippen LogP contribution in [0.25, 0.3) is 33.1 Å². The molecule has 0 aliphatic rings. The highest BCUT2D eigenvalue weighted by molar-refractivity contribution is 6.03. The van der Waals surface area contributed by atoms with Gasteiger partial charge in [-0.2, -0.15) is 0 Å². The van der Waals surface area contributed by atoms with Gasteiger partial charge in [-0.1, -0.05) is 50.1 Å². The van der Waals surface area contributed by atoms with Crippen molar-refractivity contribution in [3.05, 3.63) is 69.8 Å². The quantitative estimate of drug-likeness (QED) is 0.352. The monoisotopic (exact) mass is 461 g/mol. The fourth-order valence-electron chi connectivity index (χ4n) is 4.34. The van der Waals surface area contributed by atoms with Gasteiger partial charge in [-0.25, -0.2) is 9.59 Å². The molecule has 1 amide bonds. The highest BCUT2D eigenvalue weighted by Crippen LogP contribution is 2.37. The van der Waals surface area contributed by atoms with Crippen molar-refractivity contribution in [1.29, 1.82) is 0 Å². The summed E-state index contributed by atoms with van der Waals surface area (Å²) in [4.78, 5) is 36.8. The van der Waals surface area contributed by atoms with E-state index in [4.69, 9.17) is 8.83 Å². The van der Waals surface area contributed by atoms with Crippen LogP contribution in [0.15, 0.2) is 56.1 Å². The molecule has 2 N–H and O–H groups in total. The molecule has 0 saturated carbocycles. The number of carboxylic acid groups (broad SMARTS) is 1. The standard InChI is InChI=1S/C27H27NO6/c1-4-5-11-21(26(30)31)28-24(29)13-19-15(2)18-12-20-23(14-22(18)34-27(19)32)33-16(3)25(20)17-9-7-6-8-10-17/h6-10,12,14,21H,4-5,11,13H2,1-3H3,(H,28,29)(H,30,31). The molecule has 2 heterocycles. The Morgan fingerprint density at radius 1 is 1.03 bits per heavy atom. The van der Waals surface area contributed by atoms with Crippen LogP contribution in [0.4, 0.5) is 0 Å². The number of aryl methyl sites for hydroxylation is 2. The first-order valence-corrected chi connectivity index (χ1v) is 11.4. The Kier molecular flexibility index (Phi) is 6.54.